The van der Waals surface area contributed by atoms with Gasteiger partial charge in [0.1, 0.15) is 0 Å². The van der Waals surface area contributed by atoms with Gasteiger partial charge < -0.3 is 16.0 Å². The van der Waals surface area contributed by atoms with Crippen molar-refractivity contribution in [3.63, 3.8) is 0 Å². The van der Waals surface area contributed by atoms with Gasteiger partial charge in [0.25, 0.3) is 0 Å². The van der Waals surface area contributed by atoms with Gasteiger partial charge in [0.05, 0.1) is 0 Å². The lowest BCUT2D eigenvalue weighted by Gasteiger charge is -2.18. The summed E-state index contributed by atoms with van der Waals surface area (Å²) >= 11 is 3.42. The zero-order valence-corrected chi connectivity index (χ0v) is 16.6. The number of benzene rings is 2. The number of nitrogens with two attached hydrogens (primary N) is 1. The summed E-state index contributed by atoms with van der Waals surface area (Å²) in [6, 6.07) is 14.2. The van der Waals surface area contributed by atoms with Crippen LogP contribution in [0.2, 0.25) is 0 Å². The summed E-state index contributed by atoms with van der Waals surface area (Å²) < 4.78 is 1.04. The average Bonchev–Trinajstić information content (AvgIpc) is 3.01. The van der Waals surface area contributed by atoms with Crippen LogP contribution in [0.4, 0.5) is 5.69 Å². The first-order chi connectivity index (χ1) is 13.1. The lowest BCUT2D eigenvalue weighted by atomic mass is 9.92. The Morgan fingerprint density at radius 1 is 1.26 bits per heavy atom. The lowest BCUT2D eigenvalue weighted by Crippen LogP contribution is -2.27. The number of aromatic amines is 1. The van der Waals surface area contributed by atoms with Crippen molar-refractivity contribution < 1.29 is 4.79 Å². The number of carbonyl (C=O) groups is 1. The third-order valence-corrected chi connectivity index (χ3v) is 5.52. The maximum atomic E-state index is 12.3. The fraction of sp³-hybridized carbons (Fsp3) is 0.227. The molecule has 0 bridgehead atoms. The highest BCUT2D eigenvalue weighted by atomic mass is 79.9. The van der Waals surface area contributed by atoms with Gasteiger partial charge >= 0.3 is 0 Å². The van der Waals surface area contributed by atoms with Crippen LogP contribution in [0.3, 0.4) is 0 Å². The van der Waals surface area contributed by atoms with Gasteiger partial charge in [-0.2, -0.15) is 0 Å². The number of hydrogen-bond donors (Lipinski definition) is 3. The second-order valence-electron chi connectivity index (χ2n) is 7.05. The largest absolute Gasteiger partial charge is 0.358 e. The van der Waals surface area contributed by atoms with Crippen LogP contribution in [0.1, 0.15) is 29.7 Å². The quantitative estimate of drug-likeness (QED) is 0.564. The summed E-state index contributed by atoms with van der Waals surface area (Å²) in [6.45, 7) is 0. The molecule has 0 saturated carbocycles. The molecule has 1 amide bonds. The minimum atomic E-state index is -0.0242. The van der Waals surface area contributed by atoms with Gasteiger partial charge in [0.15, 0.2) is 0 Å². The molecular formula is C22H22BrN3O. The topological polar surface area (TPSA) is 70.9 Å². The Hall–Kier alpha value is -2.37. The molecule has 0 aliphatic heterocycles. The van der Waals surface area contributed by atoms with Crippen LogP contribution in [0.5, 0.6) is 0 Å². The van der Waals surface area contributed by atoms with Crippen molar-refractivity contribution in [1.82, 2.24) is 4.98 Å². The first-order valence-corrected chi connectivity index (χ1v) is 9.99. The monoisotopic (exact) mass is 423 g/mol. The van der Waals surface area contributed by atoms with Crippen LogP contribution in [0.15, 0.2) is 53.0 Å². The van der Waals surface area contributed by atoms with Crippen molar-refractivity contribution in [2.24, 2.45) is 5.73 Å². The zero-order valence-electron chi connectivity index (χ0n) is 15.0. The number of hydrogen-bond acceptors (Lipinski definition) is 2. The van der Waals surface area contributed by atoms with E-state index in [1.54, 1.807) is 0 Å². The summed E-state index contributed by atoms with van der Waals surface area (Å²) in [5.74, 6) is -0.0242. The standard InChI is InChI=1S/C22H22BrN3O/c23-15-6-4-14(5-7-15)2-1-3-22(27)25-17-9-11-21-19(13-17)18-12-16(24)8-10-20(18)26-21/h1-2,4-7,9,11,13,16,26H,3,8,10,12,24H2,(H,25,27)/b2-1+. The Morgan fingerprint density at radius 2 is 2.07 bits per heavy atom. The molecule has 2 aromatic carbocycles. The average molecular weight is 424 g/mol. The van der Waals surface area contributed by atoms with Crippen LogP contribution in [0.25, 0.3) is 17.0 Å². The van der Waals surface area contributed by atoms with Crippen molar-refractivity contribution in [3.8, 4) is 0 Å². The summed E-state index contributed by atoms with van der Waals surface area (Å²) in [4.78, 5) is 15.8. The Bertz CT molecular complexity index is 1000. The van der Waals surface area contributed by atoms with Gasteiger partial charge in [-0.3, -0.25) is 4.79 Å². The number of halogens is 1. The smallest absolute Gasteiger partial charge is 0.228 e. The normalized spacial score (nSPS) is 16.6. The molecule has 0 fully saturated rings. The molecule has 1 unspecified atom stereocenters. The van der Waals surface area contributed by atoms with E-state index < -0.39 is 0 Å². The van der Waals surface area contributed by atoms with Crippen molar-refractivity contribution in [1.29, 1.82) is 0 Å². The summed E-state index contributed by atoms with van der Waals surface area (Å²) in [5.41, 5.74) is 11.7. The number of carbonyl (C=O) groups excluding carboxylic acids is 1. The Morgan fingerprint density at radius 3 is 2.89 bits per heavy atom. The highest BCUT2D eigenvalue weighted by molar-refractivity contribution is 9.10. The fourth-order valence-electron chi connectivity index (χ4n) is 3.61. The number of anilines is 1. The molecule has 4 N–H and O–H groups in total. The molecule has 138 valence electrons. The Labute approximate surface area is 167 Å². The predicted octanol–water partition coefficient (Wildman–Crippen LogP) is 4.79. The first kappa shape index (κ1) is 18.0. The molecule has 4 rings (SSSR count). The molecule has 5 heteroatoms. The highest BCUT2D eigenvalue weighted by Crippen LogP contribution is 2.30. The van der Waals surface area contributed by atoms with Crippen LogP contribution in [-0.4, -0.2) is 16.9 Å². The van der Waals surface area contributed by atoms with E-state index >= 15 is 0 Å². The molecule has 0 radical (unpaired) electrons. The number of fused-ring (bicyclic) bond motifs is 3. The zero-order chi connectivity index (χ0) is 18.8. The number of nitrogens with one attached hydrogen (secondary N) is 2. The van der Waals surface area contributed by atoms with Gasteiger partial charge in [0.2, 0.25) is 5.91 Å². The number of aromatic nitrogens is 1. The fourth-order valence-corrected chi connectivity index (χ4v) is 3.87. The van der Waals surface area contributed by atoms with E-state index in [4.69, 9.17) is 5.73 Å². The first-order valence-electron chi connectivity index (χ1n) is 9.19. The Balaban J connectivity index is 1.44. The van der Waals surface area contributed by atoms with Crippen LogP contribution in [0, 0.1) is 0 Å². The van der Waals surface area contributed by atoms with E-state index in [0.717, 1.165) is 40.5 Å². The number of rotatable bonds is 4. The highest BCUT2D eigenvalue weighted by Gasteiger charge is 2.20. The summed E-state index contributed by atoms with van der Waals surface area (Å²) in [7, 11) is 0. The van der Waals surface area contributed by atoms with Crippen molar-refractivity contribution in [3.05, 3.63) is 69.8 Å². The SMILES string of the molecule is NC1CCc2[nH]c3ccc(NC(=O)C/C=C/c4ccc(Br)cc4)cc3c2C1. The molecule has 1 aliphatic rings. The molecule has 1 aliphatic carbocycles. The van der Waals surface area contributed by atoms with E-state index in [1.165, 1.54) is 16.6 Å². The summed E-state index contributed by atoms with van der Waals surface area (Å²) in [5, 5.41) is 4.16. The van der Waals surface area contributed by atoms with E-state index in [2.05, 4.69) is 32.3 Å². The van der Waals surface area contributed by atoms with E-state index in [-0.39, 0.29) is 11.9 Å². The third kappa shape index (κ3) is 4.15. The maximum Gasteiger partial charge on any atom is 0.228 e. The van der Waals surface area contributed by atoms with Crippen molar-refractivity contribution >= 4 is 44.5 Å². The number of H-pyrrole nitrogens is 1. The van der Waals surface area contributed by atoms with Gasteiger partial charge in [-0.25, -0.2) is 0 Å². The van der Waals surface area contributed by atoms with Crippen LogP contribution < -0.4 is 11.1 Å². The second-order valence-corrected chi connectivity index (χ2v) is 7.97. The summed E-state index contributed by atoms with van der Waals surface area (Å²) in [6.07, 6.45) is 7.09. The van der Waals surface area contributed by atoms with Gasteiger partial charge in [-0.1, -0.05) is 40.2 Å². The Kier molecular flexibility index (Phi) is 5.14. The molecule has 4 nitrogen and oxygen atoms in total. The maximum absolute atomic E-state index is 12.3. The van der Waals surface area contributed by atoms with Gasteiger partial charge in [-0.05, 0) is 60.7 Å². The van der Waals surface area contributed by atoms with Gasteiger partial charge in [0, 0.05) is 39.2 Å². The molecule has 0 saturated heterocycles. The molecule has 3 aromatic rings. The molecule has 1 atom stereocenters. The molecule has 1 heterocycles. The molecule has 1 aromatic heterocycles. The second kappa shape index (κ2) is 7.71. The number of amides is 1. The van der Waals surface area contributed by atoms with Crippen LogP contribution in [-0.2, 0) is 17.6 Å². The molecule has 27 heavy (non-hydrogen) atoms. The molecule has 0 spiro atoms. The van der Waals surface area contributed by atoms with Crippen LogP contribution >= 0.6 is 15.9 Å². The predicted molar refractivity (Wildman–Crippen MR) is 115 cm³/mol. The minimum absolute atomic E-state index is 0.0242. The lowest BCUT2D eigenvalue weighted by molar-refractivity contribution is -0.115. The molecular weight excluding hydrogens is 402 g/mol. The van der Waals surface area contributed by atoms with E-state index in [9.17, 15) is 4.79 Å². The van der Waals surface area contributed by atoms with E-state index in [0.29, 0.717) is 6.42 Å². The third-order valence-electron chi connectivity index (χ3n) is 4.99. The van der Waals surface area contributed by atoms with Crippen molar-refractivity contribution in [2.45, 2.75) is 31.7 Å². The number of aryl methyl sites for hydroxylation is 1. The minimum Gasteiger partial charge on any atom is -0.358 e. The van der Waals surface area contributed by atoms with Crippen molar-refractivity contribution in [2.75, 3.05) is 5.32 Å². The van der Waals surface area contributed by atoms with E-state index in [1.807, 2.05) is 48.6 Å². The van der Waals surface area contributed by atoms with Gasteiger partial charge in [-0.15, -0.1) is 0 Å².